The molecule has 186 valence electrons. The van der Waals surface area contributed by atoms with Crippen molar-refractivity contribution >= 4 is 5.91 Å². The van der Waals surface area contributed by atoms with E-state index in [9.17, 15) is 18.7 Å². The second-order valence-electron chi connectivity index (χ2n) is 9.28. The third-order valence-corrected chi connectivity index (χ3v) is 7.00. The van der Waals surface area contributed by atoms with E-state index >= 15 is 0 Å². The normalized spacial score (nSPS) is 22.2. The van der Waals surface area contributed by atoms with Crippen molar-refractivity contribution in [3.8, 4) is 28.7 Å². The van der Waals surface area contributed by atoms with Crippen molar-refractivity contribution in [3.05, 3.63) is 77.4 Å². The molecule has 6 rings (SSSR count). The molecule has 1 aliphatic carbocycles. The maximum Gasteiger partial charge on any atom is 0.586 e. The summed E-state index contributed by atoms with van der Waals surface area (Å²) in [6.45, 7) is 0. The van der Waals surface area contributed by atoms with Crippen molar-refractivity contribution in [1.29, 1.82) is 0 Å². The highest BCUT2D eigenvalue weighted by Crippen LogP contribution is 2.53. The summed E-state index contributed by atoms with van der Waals surface area (Å²) in [5.41, 5.74) is 1.39. The molecule has 36 heavy (non-hydrogen) atoms. The van der Waals surface area contributed by atoms with E-state index < -0.39 is 17.8 Å². The summed E-state index contributed by atoms with van der Waals surface area (Å²) in [4.78, 5) is 13.6. The molecule has 3 aliphatic rings. The van der Waals surface area contributed by atoms with Crippen LogP contribution < -0.4 is 24.3 Å². The summed E-state index contributed by atoms with van der Waals surface area (Å²) in [6, 6.07) is 16.4. The second-order valence-corrected chi connectivity index (χ2v) is 9.28. The van der Waals surface area contributed by atoms with Gasteiger partial charge in [0.1, 0.15) is 23.4 Å². The molecule has 2 atom stereocenters. The van der Waals surface area contributed by atoms with Gasteiger partial charge in [-0.25, -0.2) is 0 Å². The van der Waals surface area contributed by atoms with Gasteiger partial charge in [0.05, 0.1) is 18.6 Å². The lowest BCUT2D eigenvalue weighted by Gasteiger charge is -2.34. The van der Waals surface area contributed by atoms with E-state index in [4.69, 9.17) is 9.47 Å². The molecule has 0 saturated heterocycles. The number of phenols is 1. The largest absolute Gasteiger partial charge is 0.586 e. The van der Waals surface area contributed by atoms with Crippen molar-refractivity contribution in [3.63, 3.8) is 0 Å². The number of phenolic OH excluding ortho intramolecular Hbond substituents is 1. The molecule has 2 N–H and O–H groups in total. The second kappa shape index (κ2) is 8.01. The van der Waals surface area contributed by atoms with Crippen LogP contribution in [-0.2, 0) is 10.2 Å². The third-order valence-electron chi connectivity index (χ3n) is 7.00. The summed E-state index contributed by atoms with van der Waals surface area (Å²) in [7, 11) is 1.59. The molecule has 0 radical (unpaired) electrons. The van der Waals surface area contributed by atoms with Crippen molar-refractivity contribution in [2.24, 2.45) is 0 Å². The molecule has 9 heteroatoms. The number of hydrogen-bond acceptors (Lipinski definition) is 6. The molecule has 7 nitrogen and oxygen atoms in total. The SMILES string of the molecule is COc1cccc([C@H]2C[C@@H](NC(=O)C3(c4ccc5c(c4)OC(F)(F)O5)CC3)c3ccc(O)cc3O2)c1. The van der Waals surface area contributed by atoms with Crippen LogP contribution in [0.5, 0.6) is 28.7 Å². The van der Waals surface area contributed by atoms with E-state index in [1.807, 2.05) is 24.3 Å². The minimum atomic E-state index is -3.72. The average molecular weight is 495 g/mol. The highest BCUT2D eigenvalue weighted by molar-refractivity contribution is 5.92. The summed E-state index contributed by atoms with van der Waals surface area (Å²) >= 11 is 0. The fourth-order valence-electron chi connectivity index (χ4n) is 4.95. The van der Waals surface area contributed by atoms with Gasteiger partial charge < -0.3 is 29.4 Å². The molecule has 2 heterocycles. The van der Waals surface area contributed by atoms with Gasteiger partial charge >= 0.3 is 6.29 Å². The summed E-state index contributed by atoms with van der Waals surface area (Å²) in [5, 5.41) is 13.2. The summed E-state index contributed by atoms with van der Waals surface area (Å²) in [5.74, 6) is 0.878. The molecule has 3 aromatic carbocycles. The number of methoxy groups -OCH3 is 1. The van der Waals surface area contributed by atoms with E-state index in [1.54, 1.807) is 25.3 Å². The van der Waals surface area contributed by atoms with Gasteiger partial charge in [0.15, 0.2) is 11.5 Å². The van der Waals surface area contributed by atoms with Gasteiger partial charge in [-0.15, -0.1) is 8.78 Å². The van der Waals surface area contributed by atoms with E-state index in [1.165, 1.54) is 18.2 Å². The number of amides is 1. The minimum Gasteiger partial charge on any atom is -0.508 e. The quantitative estimate of drug-likeness (QED) is 0.510. The van der Waals surface area contributed by atoms with Crippen LogP contribution in [0.25, 0.3) is 0 Å². The van der Waals surface area contributed by atoms with Gasteiger partial charge in [0.2, 0.25) is 5.91 Å². The minimum absolute atomic E-state index is 0.0562. The zero-order chi connectivity index (χ0) is 25.1. The monoisotopic (exact) mass is 495 g/mol. The summed E-state index contributed by atoms with van der Waals surface area (Å²) < 4.78 is 47.6. The van der Waals surface area contributed by atoms with Gasteiger partial charge in [-0.2, -0.15) is 0 Å². The van der Waals surface area contributed by atoms with E-state index in [0.717, 1.165) is 11.1 Å². The first-order valence-electron chi connectivity index (χ1n) is 11.6. The van der Waals surface area contributed by atoms with Crippen molar-refractivity contribution < 1.29 is 37.6 Å². The maximum atomic E-state index is 13.6. The number of alkyl halides is 2. The summed E-state index contributed by atoms with van der Waals surface area (Å²) in [6.07, 6.45) is -2.48. The molecular weight excluding hydrogens is 472 g/mol. The standard InChI is InChI=1S/C27H23F2NO6/c1-33-18-4-2-3-15(11-18)22-14-20(19-7-6-17(31)13-23(19)34-22)30-25(32)26(9-10-26)16-5-8-21-24(12-16)36-27(28,29)35-21/h2-8,11-13,20,22,31H,9-10,14H2,1H3,(H,30,32)/t20-,22-/m1/s1. The number of aromatic hydroxyl groups is 1. The number of rotatable bonds is 5. The maximum absolute atomic E-state index is 13.6. The number of hydrogen-bond donors (Lipinski definition) is 2. The van der Waals surface area contributed by atoms with Crippen LogP contribution >= 0.6 is 0 Å². The van der Waals surface area contributed by atoms with Crippen LogP contribution in [0.2, 0.25) is 0 Å². The van der Waals surface area contributed by atoms with Crippen LogP contribution in [0.3, 0.4) is 0 Å². The third kappa shape index (κ3) is 3.84. The Balaban J connectivity index is 1.28. The Morgan fingerprint density at radius 3 is 2.61 bits per heavy atom. The molecule has 1 fully saturated rings. The lowest BCUT2D eigenvalue weighted by atomic mass is 9.90. The van der Waals surface area contributed by atoms with E-state index in [2.05, 4.69) is 14.8 Å². The molecule has 0 bridgehead atoms. The van der Waals surface area contributed by atoms with Gasteiger partial charge in [0, 0.05) is 18.1 Å². The number of halogens is 2. The molecule has 0 spiro atoms. The van der Waals surface area contributed by atoms with Gasteiger partial charge in [-0.1, -0.05) is 18.2 Å². The van der Waals surface area contributed by atoms with Gasteiger partial charge in [0.25, 0.3) is 0 Å². The van der Waals surface area contributed by atoms with Crippen LogP contribution in [-0.4, -0.2) is 24.4 Å². The van der Waals surface area contributed by atoms with Crippen molar-refractivity contribution in [2.75, 3.05) is 7.11 Å². The lowest BCUT2D eigenvalue weighted by Crippen LogP contribution is -2.39. The van der Waals surface area contributed by atoms with E-state index in [0.29, 0.717) is 36.3 Å². The van der Waals surface area contributed by atoms with Crippen molar-refractivity contribution in [1.82, 2.24) is 5.32 Å². The number of carbonyl (C=O) groups excluding carboxylic acids is 1. The zero-order valence-electron chi connectivity index (χ0n) is 19.3. The van der Waals surface area contributed by atoms with Crippen LogP contribution in [0.15, 0.2) is 60.7 Å². The molecule has 0 aromatic heterocycles. The highest BCUT2D eigenvalue weighted by atomic mass is 19.3. The molecule has 1 saturated carbocycles. The number of nitrogens with one attached hydrogen (secondary N) is 1. The van der Waals surface area contributed by atoms with Crippen LogP contribution in [0.4, 0.5) is 8.78 Å². The Labute approximate surface area is 205 Å². The Bertz CT molecular complexity index is 1360. The Hall–Kier alpha value is -4.01. The fraction of sp³-hybridized carbons (Fsp3) is 0.296. The highest BCUT2D eigenvalue weighted by Gasteiger charge is 2.53. The molecule has 0 unspecified atom stereocenters. The number of fused-ring (bicyclic) bond motifs is 2. The smallest absolute Gasteiger partial charge is 0.508 e. The first-order valence-corrected chi connectivity index (χ1v) is 11.6. The molecule has 2 aliphatic heterocycles. The number of carbonyl (C=O) groups is 1. The lowest BCUT2D eigenvalue weighted by molar-refractivity contribution is -0.286. The molecule has 1 amide bonds. The fourth-order valence-corrected chi connectivity index (χ4v) is 4.95. The topological polar surface area (TPSA) is 86.3 Å². The predicted octanol–water partition coefficient (Wildman–Crippen LogP) is 5.14. The Kier molecular flexibility index (Phi) is 5.00. The average Bonchev–Trinajstić information content (AvgIpc) is 3.60. The molecular formula is C27H23F2NO6. The first-order chi connectivity index (χ1) is 17.3. The zero-order valence-corrected chi connectivity index (χ0v) is 19.3. The van der Waals surface area contributed by atoms with Gasteiger partial charge in [-0.05, 0) is 60.4 Å². The van der Waals surface area contributed by atoms with Crippen LogP contribution in [0.1, 0.15) is 48.1 Å². The number of ether oxygens (including phenoxy) is 4. The Morgan fingerprint density at radius 1 is 1.03 bits per heavy atom. The Morgan fingerprint density at radius 2 is 1.83 bits per heavy atom. The predicted molar refractivity (Wildman–Crippen MR) is 124 cm³/mol. The van der Waals surface area contributed by atoms with Crippen molar-refractivity contribution in [2.45, 2.75) is 43.1 Å². The molecule has 3 aromatic rings. The van der Waals surface area contributed by atoms with Gasteiger partial charge in [-0.3, -0.25) is 4.79 Å². The number of benzene rings is 3. The first kappa shape index (κ1) is 22.5. The van der Waals surface area contributed by atoms with Crippen LogP contribution in [0, 0.1) is 0 Å². The van der Waals surface area contributed by atoms with E-state index in [-0.39, 0.29) is 29.3 Å².